The van der Waals surface area contributed by atoms with Crippen LogP contribution in [-0.4, -0.2) is 55.6 Å². The average molecular weight is 369 g/mol. The molecule has 9 heteroatoms. The van der Waals surface area contributed by atoms with Gasteiger partial charge in [0, 0.05) is 20.7 Å². The van der Waals surface area contributed by atoms with Crippen LogP contribution in [0.25, 0.3) is 0 Å². The van der Waals surface area contributed by atoms with Crippen LogP contribution in [0.15, 0.2) is 35.5 Å². The number of likely N-dealkylation sites (N-methyl/N-ethyl adjacent to an activating group) is 1. The number of methoxy groups -OCH3 is 1. The molecule has 0 radical (unpaired) electrons. The van der Waals surface area contributed by atoms with Crippen LogP contribution >= 0.6 is 0 Å². The fraction of sp³-hybridized carbons (Fsp3) is 0.412. The molecule has 2 aliphatic heterocycles. The third-order valence-corrected chi connectivity index (χ3v) is 4.57. The maximum atomic E-state index is 12.8. The van der Waals surface area contributed by atoms with Crippen molar-refractivity contribution in [3.63, 3.8) is 0 Å². The monoisotopic (exact) mass is 369 g/mol. The van der Waals surface area contributed by atoms with Gasteiger partial charge in [-0.25, -0.2) is 4.79 Å². The summed E-state index contributed by atoms with van der Waals surface area (Å²) in [6.07, 6.45) is -4.45. The van der Waals surface area contributed by atoms with Crippen molar-refractivity contribution in [3.8, 4) is 0 Å². The molecule has 1 unspecified atom stereocenters. The molecule has 1 aromatic rings. The van der Waals surface area contributed by atoms with Crippen LogP contribution in [0.4, 0.5) is 18.0 Å². The lowest BCUT2D eigenvalue weighted by Crippen LogP contribution is -2.45. The van der Waals surface area contributed by atoms with Crippen molar-refractivity contribution >= 4 is 11.9 Å². The summed E-state index contributed by atoms with van der Waals surface area (Å²) < 4.78 is 43.3. The Morgan fingerprint density at radius 3 is 2.46 bits per heavy atom. The molecule has 26 heavy (non-hydrogen) atoms. The SMILES string of the molecule is COCCN1CC2=C(C1=O)C(c1ccc(C(F)(F)F)cc1)NC(=O)N2C. The number of hydrogen-bond acceptors (Lipinski definition) is 3. The van der Waals surface area contributed by atoms with E-state index in [2.05, 4.69) is 5.32 Å². The van der Waals surface area contributed by atoms with Gasteiger partial charge >= 0.3 is 12.2 Å². The summed E-state index contributed by atoms with van der Waals surface area (Å²) in [6, 6.07) is 3.28. The van der Waals surface area contributed by atoms with Crippen molar-refractivity contribution in [2.45, 2.75) is 12.2 Å². The van der Waals surface area contributed by atoms with E-state index in [1.54, 1.807) is 11.9 Å². The highest BCUT2D eigenvalue weighted by molar-refractivity contribution is 6.01. The number of nitrogens with zero attached hydrogens (tertiary/aromatic N) is 2. The number of amides is 3. The van der Waals surface area contributed by atoms with E-state index in [1.807, 2.05) is 0 Å². The van der Waals surface area contributed by atoms with Gasteiger partial charge in [-0.05, 0) is 17.7 Å². The second-order valence-electron chi connectivity index (χ2n) is 6.14. The zero-order valence-electron chi connectivity index (χ0n) is 14.3. The molecule has 0 fully saturated rings. The number of hydrogen-bond donors (Lipinski definition) is 1. The van der Waals surface area contributed by atoms with E-state index in [-0.39, 0.29) is 12.5 Å². The van der Waals surface area contributed by atoms with Crippen molar-refractivity contribution in [2.24, 2.45) is 0 Å². The smallest absolute Gasteiger partial charge is 0.383 e. The normalized spacial score (nSPS) is 20.6. The number of rotatable bonds is 4. The van der Waals surface area contributed by atoms with Crippen LogP contribution in [0.2, 0.25) is 0 Å². The number of alkyl halides is 3. The maximum absolute atomic E-state index is 12.8. The second-order valence-corrected chi connectivity index (χ2v) is 6.14. The fourth-order valence-corrected chi connectivity index (χ4v) is 3.12. The van der Waals surface area contributed by atoms with Gasteiger partial charge in [-0.3, -0.25) is 9.69 Å². The van der Waals surface area contributed by atoms with Crippen LogP contribution in [0, 0.1) is 0 Å². The molecule has 6 nitrogen and oxygen atoms in total. The van der Waals surface area contributed by atoms with Gasteiger partial charge in [0.25, 0.3) is 5.91 Å². The largest absolute Gasteiger partial charge is 0.416 e. The first-order valence-electron chi connectivity index (χ1n) is 7.96. The summed E-state index contributed by atoms with van der Waals surface area (Å²) in [7, 11) is 3.08. The predicted molar refractivity (Wildman–Crippen MR) is 86.0 cm³/mol. The van der Waals surface area contributed by atoms with Gasteiger partial charge in [0.1, 0.15) is 0 Å². The minimum atomic E-state index is -4.45. The van der Waals surface area contributed by atoms with Crippen LogP contribution < -0.4 is 5.32 Å². The number of carbonyl (C=O) groups is 2. The fourth-order valence-electron chi connectivity index (χ4n) is 3.12. The van der Waals surface area contributed by atoms with Crippen LogP contribution in [0.5, 0.6) is 0 Å². The number of nitrogens with one attached hydrogen (secondary N) is 1. The molecular formula is C17H18F3N3O3. The molecule has 3 amide bonds. The number of halogens is 3. The topological polar surface area (TPSA) is 61.9 Å². The highest BCUT2D eigenvalue weighted by atomic mass is 19.4. The van der Waals surface area contributed by atoms with Gasteiger partial charge in [0.2, 0.25) is 0 Å². The Balaban J connectivity index is 1.94. The van der Waals surface area contributed by atoms with Crippen molar-refractivity contribution in [1.82, 2.24) is 15.1 Å². The number of ether oxygens (including phenoxy) is 1. The summed E-state index contributed by atoms with van der Waals surface area (Å²) in [5, 5.41) is 2.69. The molecule has 0 aromatic heterocycles. The molecule has 0 aliphatic carbocycles. The van der Waals surface area contributed by atoms with E-state index >= 15 is 0 Å². The molecule has 1 aromatic carbocycles. The average Bonchev–Trinajstić information content (AvgIpc) is 2.93. The van der Waals surface area contributed by atoms with Gasteiger partial charge in [-0.1, -0.05) is 12.1 Å². The van der Waals surface area contributed by atoms with E-state index in [0.717, 1.165) is 12.1 Å². The lowest BCUT2D eigenvalue weighted by molar-refractivity contribution is -0.137. The van der Waals surface area contributed by atoms with E-state index in [1.165, 1.54) is 24.1 Å². The third kappa shape index (κ3) is 3.14. The number of urea groups is 1. The molecule has 0 bridgehead atoms. The minimum Gasteiger partial charge on any atom is -0.383 e. The van der Waals surface area contributed by atoms with Gasteiger partial charge in [0.15, 0.2) is 0 Å². The summed E-state index contributed by atoms with van der Waals surface area (Å²) in [6.45, 7) is 0.977. The van der Waals surface area contributed by atoms with Crippen LogP contribution in [-0.2, 0) is 15.7 Å². The van der Waals surface area contributed by atoms with Crippen LogP contribution in [0.3, 0.4) is 0 Å². The Kier molecular flexibility index (Phi) is 4.66. The molecule has 1 N–H and O–H groups in total. The minimum absolute atomic E-state index is 0.256. The van der Waals surface area contributed by atoms with E-state index in [0.29, 0.717) is 30.0 Å². The van der Waals surface area contributed by atoms with E-state index < -0.39 is 23.8 Å². The Bertz CT molecular complexity index is 759. The maximum Gasteiger partial charge on any atom is 0.416 e. The molecule has 0 saturated carbocycles. The Labute approximate surface area is 148 Å². The first-order chi connectivity index (χ1) is 12.2. The first kappa shape index (κ1) is 18.2. The van der Waals surface area contributed by atoms with Crippen molar-refractivity contribution in [3.05, 3.63) is 46.7 Å². The Hall–Kier alpha value is -2.55. The molecule has 2 aliphatic rings. The molecule has 1 atom stereocenters. The van der Waals surface area contributed by atoms with Gasteiger partial charge in [-0.15, -0.1) is 0 Å². The standard InChI is InChI=1S/C17H18F3N3O3/c1-22-12-9-23(7-8-26-2)15(24)13(12)14(21-16(22)25)10-3-5-11(6-4-10)17(18,19)20/h3-6,14H,7-9H2,1-2H3,(H,21,25). The van der Waals surface area contributed by atoms with Gasteiger partial charge in [0.05, 0.1) is 36.0 Å². The predicted octanol–water partition coefficient (Wildman–Crippen LogP) is 2.14. The van der Waals surface area contributed by atoms with Crippen molar-refractivity contribution < 1.29 is 27.5 Å². The Morgan fingerprint density at radius 2 is 1.88 bits per heavy atom. The molecular weight excluding hydrogens is 351 g/mol. The third-order valence-electron chi connectivity index (χ3n) is 4.57. The van der Waals surface area contributed by atoms with Crippen LogP contribution in [0.1, 0.15) is 17.2 Å². The first-order valence-corrected chi connectivity index (χ1v) is 7.96. The van der Waals surface area contributed by atoms with Gasteiger partial charge < -0.3 is 15.0 Å². The summed E-state index contributed by atoms with van der Waals surface area (Å²) in [5.74, 6) is -0.256. The molecule has 140 valence electrons. The molecule has 0 spiro atoms. The molecule has 0 saturated heterocycles. The Morgan fingerprint density at radius 1 is 1.23 bits per heavy atom. The quantitative estimate of drug-likeness (QED) is 0.885. The van der Waals surface area contributed by atoms with E-state index in [4.69, 9.17) is 4.74 Å². The zero-order chi connectivity index (χ0) is 19.1. The lowest BCUT2D eigenvalue weighted by Gasteiger charge is -2.31. The van der Waals surface area contributed by atoms with E-state index in [9.17, 15) is 22.8 Å². The lowest BCUT2D eigenvalue weighted by atomic mass is 9.95. The highest BCUT2D eigenvalue weighted by Gasteiger charge is 2.42. The summed E-state index contributed by atoms with van der Waals surface area (Å²) in [5.41, 5.74) is 0.575. The van der Waals surface area contributed by atoms with Crippen molar-refractivity contribution in [2.75, 3.05) is 33.9 Å². The van der Waals surface area contributed by atoms with Crippen molar-refractivity contribution in [1.29, 1.82) is 0 Å². The summed E-state index contributed by atoms with van der Waals surface area (Å²) in [4.78, 5) is 27.9. The molecule has 3 rings (SSSR count). The summed E-state index contributed by atoms with van der Waals surface area (Å²) >= 11 is 0. The van der Waals surface area contributed by atoms with Gasteiger partial charge in [-0.2, -0.15) is 13.2 Å². The second kappa shape index (κ2) is 6.64. The highest BCUT2D eigenvalue weighted by Crippen LogP contribution is 2.36. The number of carbonyl (C=O) groups excluding carboxylic acids is 2. The molecule has 2 heterocycles. The number of benzene rings is 1. The zero-order valence-corrected chi connectivity index (χ0v) is 14.3.